The predicted octanol–water partition coefficient (Wildman–Crippen LogP) is 5.07. The highest BCUT2D eigenvalue weighted by Crippen LogP contribution is 2.19. The van der Waals surface area contributed by atoms with E-state index in [1.165, 1.54) is 0 Å². The highest BCUT2D eigenvalue weighted by Gasteiger charge is 2.11. The van der Waals surface area contributed by atoms with E-state index in [-0.39, 0.29) is 0 Å². The number of aryl methyl sites for hydroxylation is 1. The third-order valence-electron chi connectivity index (χ3n) is 4.03. The lowest BCUT2D eigenvalue weighted by molar-refractivity contribution is 0.101. The first-order valence-corrected chi connectivity index (χ1v) is 8.97. The zero-order valence-corrected chi connectivity index (χ0v) is 15.1. The molecule has 4 heteroatoms. The van der Waals surface area contributed by atoms with Crippen molar-refractivity contribution in [2.75, 3.05) is 24.6 Å². The number of hydrogen-bond donors (Lipinski definition) is 0. The minimum absolute atomic E-state index is 0.297. The number of carbonyl (C=O) groups is 1. The number of rotatable bonds is 9. The summed E-state index contributed by atoms with van der Waals surface area (Å²) in [5.74, 6) is 0.570. The predicted molar refractivity (Wildman–Crippen MR) is 101 cm³/mol. The van der Waals surface area contributed by atoms with Crippen molar-refractivity contribution >= 4 is 11.8 Å². The van der Waals surface area contributed by atoms with E-state index in [1.807, 2.05) is 43.3 Å². The van der Waals surface area contributed by atoms with Gasteiger partial charge in [-0.3, -0.25) is 0 Å². The number of hydrogen-bond acceptors (Lipinski definition) is 4. The number of carbonyl (C=O) groups excluding carboxylic acids is 1. The van der Waals surface area contributed by atoms with Crippen LogP contribution >= 0.6 is 0 Å². The molecule has 0 atom stereocenters. The molecule has 0 saturated heterocycles. The molecule has 25 heavy (non-hydrogen) atoms. The van der Waals surface area contributed by atoms with Crippen molar-refractivity contribution in [2.45, 2.75) is 33.1 Å². The van der Waals surface area contributed by atoms with Gasteiger partial charge in [0, 0.05) is 12.2 Å². The highest BCUT2D eigenvalue weighted by atomic mass is 16.7. The second-order valence-corrected chi connectivity index (χ2v) is 5.84. The quantitative estimate of drug-likeness (QED) is 0.471. The van der Waals surface area contributed by atoms with E-state index >= 15 is 0 Å². The monoisotopic (exact) mass is 341 g/mol. The van der Waals surface area contributed by atoms with Crippen molar-refractivity contribution in [3.05, 3.63) is 60.2 Å². The summed E-state index contributed by atoms with van der Waals surface area (Å²) in [5.41, 5.74) is 2.14. The Morgan fingerprint density at radius 2 is 1.68 bits per heavy atom. The second-order valence-electron chi connectivity index (χ2n) is 5.84. The summed E-state index contributed by atoms with van der Waals surface area (Å²) in [6.45, 7) is 6.08. The molecule has 0 N–H and O–H groups in total. The molecule has 2 rings (SSSR count). The summed E-state index contributed by atoms with van der Waals surface area (Å²) in [7, 11) is 0. The average Bonchev–Trinajstić information content (AvgIpc) is 2.65. The lowest BCUT2D eigenvalue weighted by Gasteiger charge is -2.24. The molecule has 0 aromatic heterocycles. The summed E-state index contributed by atoms with van der Waals surface area (Å²) in [6, 6.07) is 17.7. The van der Waals surface area contributed by atoms with Crippen LogP contribution < -0.4 is 9.64 Å². The van der Waals surface area contributed by atoms with E-state index in [1.54, 1.807) is 6.07 Å². The van der Waals surface area contributed by atoms with Crippen molar-refractivity contribution < 1.29 is 14.3 Å². The van der Waals surface area contributed by atoms with Crippen molar-refractivity contribution in [1.82, 2.24) is 0 Å². The molecule has 0 aliphatic carbocycles. The number of unbranched alkanes of at least 4 members (excludes halogenated alkanes) is 1. The number of para-hydroxylation sites is 2. The summed E-state index contributed by atoms with van der Waals surface area (Å²) in [5, 5.41) is 0. The van der Waals surface area contributed by atoms with Crippen LogP contribution in [-0.4, -0.2) is 25.9 Å². The van der Waals surface area contributed by atoms with Gasteiger partial charge in [0.25, 0.3) is 0 Å². The van der Waals surface area contributed by atoms with E-state index in [9.17, 15) is 4.79 Å². The van der Waals surface area contributed by atoms with Crippen LogP contribution in [0.2, 0.25) is 0 Å². The number of benzene rings is 2. The Kier molecular flexibility index (Phi) is 7.83. The van der Waals surface area contributed by atoms with Crippen LogP contribution in [0.4, 0.5) is 10.5 Å². The summed E-state index contributed by atoms with van der Waals surface area (Å²) < 4.78 is 10.6. The molecule has 2 aromatic carbocycles. The lowest BCUT2D eigenvalue weighted by atomic mass is 10.1. The maximum absolute atomic E-state index is 11.9. The minimum Gasteiger partial charge on any atom is -0.432 e. The number of nitrogens with zero attached hydrogens (tertiary/aromatic N) is 1. The molecule has 0 fully saturated rings. The van der Waals surface area contributed by atoms with Gasteiger partial charge in [-0.1, -0.05) is 56.7 Å². The van der Waals surface area contributed by atoms with E-state index in [0.717, 1.165) is 37.1 Å². The molecule has 0 spiro atoms. The molecule has 0 aliphatic rings. The molecule has 134 valence electrons. The van der Waals surface area contributed by atoms with Gasteiger partial charge >= 0.3 is 6.16 Å². The normalized spacial score (nSPS) is 10.3. The van der Waals surface area contributed by atoms with Gasteiger partial charge in [0.1, 0.15) is 12.4 Å². The van der Waals surface area contributed by atoms with Crippen LogP contribution in [0.1, 0.15) is 32.3 Å². The molecule has 0 saturated carbocycles. The number of ether oxygens (including phenoxy) is 2. The minimum atomic E-state index is -0.649. The Morgan fingerprint density at radius 1 is 0.960 bits per heavy atom. The van der Waals surface area contributed by atoms with Gasteiger partial charge < -0.3 is 14.4 Å². The van der Waals surface area contributed by atoms with Crippen molar-refractivity contribution in [1.29, 1.82) is 0 Å². The Balaban J connectivity index is 1.85. The third kappa shape index (κ3) is 6.14. The topological polar surface area (TPSA) is 38.8 Å². The van der Waals surface area contributed by atoms with Crippen LogP contribution in [0.3, 0.4) is 0 Å². The van der Waals surface area contributed by atoms with E-state index < -0.39 is 6.16 Å². The van der Waals surface area contributed by atoms with Crippen LogP contribution in [0.25, 0.3) is 0 Å². The average molecular weight is 341 g/mol. The van der Waals surface area contributed by atoms with Gasteiger partial charge in [-0.05, 0) is 36.6 Å². The first-order valence-electron chi connectivity index (χ1n) is 8.97. The Hall–Kier alpha value is -2.49. The Labute approximate surface area is 150 Å². The molecular formula is C21H27NO3. The smallest absolute Gasteiger partial charge is 0.432 e. The van der Waals surface area contributed by atoms with Gasteiger partial charge in [-0.2, -0.15) is 0 Å². The molecule has 2 aromatic rings. The van der Waals surface area contributed by atoms with Crippen LogP contribution in [0, 0.1) is 0 Å². The van der Waals surface area contributed by atoms with Gasteiger partial charge in [-0.25, -0.2) is 4.79 Å². The van der Waals surface area contributed by atoms with Crippen LogP contribution in [0.15, 0.2) is 54.6 Å². The molecule has 0 amide bonds. The van der Waals surface area contributed by atoms with Gasteiger partial charge in [0.2, 0.25) is 0 Å². The fourth-order valence-electron chi connectivity index (χ4n) is 2.61. The number of anilines is 1. The fraction of sp³-hybridized carbons (Fsp3) is 0.381. The lowest BCUT2D eigenvalue weighted by Crippen LogP contribution is -2.29. The largest absolute Gasteiger partial charge is 0.513 e. The standard InChI is InChI=1S/C21H27NO3/c1-3-5-15-22(19-12-7-6-8-13-19)16-17-24-21(23)25-20-14-10-9-11-18(20)4-2/h6-14H,3-5,15-17H2,1-2H3. The zero-order chi connectivity index (χ0) is 17.9. The first kappa shape index (κ1) is 18.8. The van der Waals surface area contributed by atoms with Crippen molar-refractivity contribution in [2.24, 2.45) is 0 Å². The molecule has 0 bridgehead atoms. The zero-order valence-electron chi connectivity index (χ0n) is 15.1. The van der Waals surface area contributed by atoms with Gasteiger partial charge in [0.05, 0.1) is 6.54 Å². The van der Waals surface area contributed by atoms with Crippen molar-refractivity contribution in [3.8, 4) is 5.75 Å². The van der Waals surface area contributed by atoms with Gasteiger partial charge in [0.15, 0.2) is 0 Å². The van der Waals surface area contributed by atoms with Crippen molar-refractivity contribution in [3.63, 3.8) is 0 Å². The summed E-state index contributed by atoms with van der Waals surface area (Å²) in [6.07, 6.45) is 2.38. The summed E-state index contributed by atoms with van der Waals surface area (Å²) in [4.78, 5) is 14.2. The molecular weight excluding hydrogens is 314 g/mol. The van der Waals surface area contributed by atoms with Crippen LogP contribution in [-0.2, 0) is 11.2 Å². The molecule has 4 nitrogen and oxygen atoms in total. The first-order chi connectivity index (χ1) is 12.2. The summed E-state index contributed by atoms with van der Waals surface area (Å²) >= 11 is 0. The van der Waals surface area contributed by atoms with Crippen LogP contribution in [0.5, 0.6) is 5.75 Å². The molecule has 0 unspecified atom stereocenters. The maximum atomic E-state index is 11.9. The third-order valence-corrected chi connectivity index (χ3v) is 4.03. The Bertz CT molecular complexity index is 643. The van der Waals surface area contributed by atoms with E-state index in [0.29, 0.717) is 18.9 Å². The molecule has 0 heterocycles. The second kappa shape index (κ2) is 10.4. The molecule has 0 radical (unpaired) electrons. The van der Waals surface area contributed by atoms with E-state index in [4.69, 9.17) is 9.47 Å². The van der Waals surface area contributed by atoms with Gasteiger partial charge in [-0.15, -0.1) is 0 Å². The highest BCUT2D eigenvalue weighted by molar-refractivity contribution is 5.64. The Morgan fingerprint density at radius 3 is 2.40 bits per heavy atom. The fourth-order valence-corrected chi connectivity index (χ4v) is 2.61. The SMILES string of the molecule is CCCCN(CCOC(=O)Oc1ccccc1CC)c1ccccc1. The van der Waals surface area contributed by atoms with E-state index in [2.05, 4.69) is 24.0 Å². The molecule has 0 aliphatic heterocycles. The maximum Gasteiger partial charge on any atom is 0.513 e.